The molecule has 0 spiro atoms. The quantitative estimate of drug-likeness (QED) is 0.904. The highest BCUT2D eigenvalue weighted by molar-refractivity contribution is 5.32. The van der Waals surface area contributed by atoms with Gasteiger partial charge in [0.2, 0.25) is 0 Å². The van der Waals surface area contributed by atoms with Crippen molar-refractivity contribution in [2.75, 3.05) is 0 Å². The fraction of sp³-hybridized carbons (Fsp3) is 0.294. The first-order valence-electron chi connectivity index (χ1n) is 6.92. The maximum absolute atomic E-state index is 13.7. The molecule has 0 radical (unpaired) electrons. The van der Waals surface area contributed by atoms with Gasteiger partial charge in [-0.05, 0) is 50.1 Å². The second-order valence-electron chi connectivity index (χ2n) is 5.25. The van der Waals surface area contributed by atoms with Gasteiger partial charge in [0.05, 0.1) is 6.10 Å². The van der Waals surface area contributed by atoms with E-state index in [1.54, 1.807) is 0 Å². The Morgan fingerprint density at radius 3 is 2.29 bits per heavy atom. The Kier molecular flexibility index (Phi) is 4.91. The maximum atomic E-state index is 13.7. The summed E-state index contributed by atoms with van der Waals surface area (Å²) in [6.45, 7) is 3.86. The van der Waals surface area contributed by atoms with Gasteiger partial charge in [0, 0.05) is 11.6 Å². The first-order chi connectivity index (χ1) is 9.97. The lowest BCUT2D eigenvalue weighted by molar-refractivity contribution is 0.242. The minimum Gasteiger partial charge on any atom is -0.491 e. The lowest BCUT2D eigenvalue weighted by Crippen LogP contribution is -2.15. The van der Waals surface area contributed by atoms with Gasteiger partial charge in [-0.1, -0.05) is 18.2 Å². The van der Waals surface area contributed by atoms with E-state index in [9.17, 15) is 8.78 Å². The minimum absolute atomic E-state index is 0.0141. The van der Waals surface area contributed by atoms with Crippen LogP contribution in [0.1, 0.15) is 31.0 Å². The number of ether oxygens (including phenoxy) is 1. The number of halogens is 2. The lowest BCUT2D eigenvalue weighted by atomic mass is 9.99. The Morgan fingerprint density at radius 1 is 1.05 bits per heavy atom. The molecule has 21 heavy (non-hydrogen) atoms. The molecule has 4 heteroatoms. The lowest BCUT2D eigenvalue weighted by Gasteiger charge is -2.16. The molecule has 0 aliphatic carbocycles. The van der Waals surface area contributed by atoms with Crippen molar-refractivity contribution in [3.8, 4) is 5.75 Å². The summed E-state index contributed by atoms with van der Waals surface area (Å²) in [6.07, 6.45) is 0.157. The van der Waals surface area contributed by atoms with E-state index < -0.39 is 17.7 Å². The number of benzene rings is 2. The summed E-state index contributed by atoms with van der Waals surface area (Å²) >= 11 is 0. The first-order valence-corrected chi connectivity index (χ1v) is 6.92. The van der Waals surface area contributed by atoms with Gasteiger partial charge in [-0.15, -0.1) is 0 Å². The highest BCUT2D eigenvalue weighted by Crippen LogP contribution is 2.23. The Bertz CT molecular complexity index is 593. The van der Waals surface area contributed by atoms with Gasteiger partial charge >= 0.3 is 0 Å². The summed E-state index contributed by atoms with van der Waals surface area (Å²) in [5.74, 6) is -0.438. The first kappa shape index (κ1) is 15.4. The van der Waals surface area contributed by atoms with E-state index >= 15 is 0 Å². The predicted molar refractivity (Wildman–Crippen MR) is 79.2 cm³/mol. The Balaban J connectivity index is 2.18. The molecule has 0 bridgehead atoms. The molecule has 2 nitrogen and oxygen atoms in total. The van der Waals surface area contributed by atoms with Crippen LogP contribution in [0.5, 0.6) is 5.75 Å². The average Bonchev–Trinajstić information content (AvgIpc) is 2.42. The highest BCUT2D eigenvalue weighted by atomic mass is 19.1. The number of hydrogen-bond donors (Lipinski definition) is 1. The van der Waals surface area contributed by atoms with Crippen LogP contribution in [0.4, 0.5) is 8.78 Å². The summed E-state index contributed by atoms with van der Waals surface area (Å²) in [7, 11) is 0. The van der Waals surface area contributed by atoms with Gasteiger partial charge in [0.15, 0.2) is 0 Å². The van der Waals surface area contributed by atoms with Crippen molar-refractivity contribution in [2.24, 2.45) is 5.73 Å². The smallest absolute Gasteiger partial charge is 0.129 e. The maximum Gasteiger partial charge on any atom is 0.129 e. The summed E-state index contributed by atoms with van der Waals surface area (Å²) < 4.78 is 32.9. The van der Waals surface area contributed by atoms with E-state index in [1.807, 2.05) is 38.1 Å². The van der Waals surface area contributed by atoms with E-state index in [0.717, 1.165) is 5.56 Å². The van der Waals surface area contributed by atoms with Gasteiger partial charge < -0.3 is 10.5 Å². The number of hydrogen-bond acceptors (Lipinski definition) is 2. The van der Waals surface area contributed by atoms with Crippen LogP contribution in [0.25, 0.3) is 0 Å². The third-order valence-electron chi connectivity index (χ3n) is 3.14. The fourth-order valence-corrected chi connectivity index (χ4v) is 2.16. The normalized spacial score (nSPS) is 12.5. The molecule has 2 rings (SSSR count). The van der Waals surface area contributed by atoms with E-state index in [-0.39, 0.29) is 18.1 Å². The molecule has 1 atom stereocenters. The van der Waals surface area contributed by atoms with Crippen LogP contribution in [-0.2, 0) is 6.42 Å². The monoisotopic (exact) mass is 291 g/mol. The zero-order chi connectivity index (χ0) is 15.4. The van der Waals surface area contributed by atoms with Crippen molar-refractivity contribution >= 4 is 0 Å². The van der Waals surface area contributed by atoms with Crippen LogP contribution in [-0.4, -0.2) is 6.10 Å². The second kappa shape index (κ2) is 6.68. The van der Waals surface area contributed by atoms with Crippen LogP contribution in [0.2, 0.25) is 0 Å². The topological polar surface area (TPSA) is 35.2 Å². The van der Waals surface area contributed by atoms with Crippen molar-refractivity contribution in [3.05, 3.63) is 65.2 Å². The highest BCUT2D eigenvalue weighted by Gasteiger charge is 2.15. The summed E-state index contributed by atoms with van der Waals surface area (Å²) in [5, 5.41) is 0. The molecular formula is C17H19F2NO. The molecule has 0 amide bonds. The Labute approximate surface area is 123 Å². The molecule has 0 fully saturated rings. The van der Waals surface area contributed by atoms with Crippen LogP contribution >= 0.6 is 0 Å². The van der Waals surface area contributed by atoms with Crippen LogP contribution in [0, 0.1) is 11.6 Å². The third-order valence-corrected chi connectivity index (χ3v) is 3.14. The van der Waals surface area contributed by atoms with Crippen molar-refractivity contribution in [1.29, 1.82) is 0 Å². The van der Waals surface area contributed by atoms with Crippen molar-refractivity contribution in [1.82, 2.24) is 0 Å². The molecule has 0 heterocycles. The van der Waals surface area contributed by atoms with Crippen molar-refractivity contribution in [3.63, 3.8) is 0 Å². The molecule has 0 saturated heterocycles. The SMILES string of the molecule is CC(C)Oc1cccc(C(N)Cc2c(F)cccc2F)c1. The van der Waals surface area contributed by atoms with Crippen LogP contribution in [0.3, 0.4) is 0 Å². The van der Waals surface area contributed by atoms with Crippen molar-refractivity contribution < 1.29 is 13.5 Å². The van der Waals surface area contributed by atoms with E-state index in [2.05, 4.69) is 0 Å². The van der Waals surface area contributed by atoms with E-state index in [0.29, 0.717) is 5.75 Å². The Morgan fingerprint density at radius 2 is 1.67 bits per heavy atom. The molecule has 0 aromatic heterocycles. The van der Waals surface area contributed by atoms with Crippen molar-refractivity contribution in [2.45, 2.75) is 32.4 Å². The summed E-state index contributed by atoms with van der Waals surface area (Å²) in [6, 6.07) is 10.6. The van der Waals surface area contributed by atoms with E-state index in [1.165, 1.54) is 18.2 Å². The third kappa shape index (κ3) is 4.02. The molecule has 2 aromatic carbocycles. The summed E-state index contributed by atoms with van der Waals surface area (Å²) in [4.78, 5) is 0. The molecule has 0 aliphatic rings. The molecule has 112 valence electrons. The molecule has 0 aliphatic heterocycles. The minimum atomic E-state index is -0.569. The van der Waals surface area contributed by atoms with Gasteiger partial charge in [-0.25, -0.2) is 8.78 Å². The van der Waals surface area contributed by atoms with Crippen LogP contribution in [0.15, 0.2) is 42.5 Å². The number of nitrogens with two attached hydrogens (primary N) is 1. The molecule has 2 aromatic rings. The average molecular weight is 291 g/mol. The van der Waals surface area contributed by atoms with Gasteiger partial charge in [-0.2, -0.15) is 0 Å². The molecule has 0 saturated carbocycles. The fourth-order valence-electron chi connectivity index (χ4n) is 2.16. The van der Waals surface area contributed by atoms with Gasteiger partial charge in [0.25, 0.3) is 0 Å². The summed E-state index contributed by atoms with van der Waals surface area (Å²) in [5.41, 5.74) is 6.88. The zero-order valence-electron chi connectivity index (χ0n) is 12.1. The second-order valence-corrected chi connectivity index (χ2v) is 5.25. The van der Waals surface area contributed by atoms with Gasteiger partial charge in [0.1, 0.15) is 17.4 Å². The largest absolute Gasteiger partial charge is 0.491 e. The number of rotatable bonds is 5. The molecule has 1 unspecified atom stereocenters. The molecule has 2 N–H and O–H groups in total. The predicted octanol–water partition coefficient (Wildman–Crippen LogP) is 3.99. The van der Waals surface area contributed by atoms with E-state index in [4.69, 9.17) is 10.5 Å². The van der Waals surface area contributed by atoms with Gasteiger partial charge in [-0.3, -0.25) is 0 Å². The standard InChI is InChI=1S/C17H19F2NO/c1-11(2)21-13-6-3-5-12(9-13)17(20)10-14-15(18)7-4-8-16(14)19/h3-9,11,17H,10,20H2,1-2H3. The molecular weight excluding hydrogens is 272 g/mol. The zero-order valence-corrected chi connectivity index (χ0v) is 12.1. The Hall–Kier alpha value is -1.94. The van der Waals surface area contributed by atoms with Crippen LogP contribution < -0.4 is 10.5 Å².